The molecule has 2 rings (SSSR count). The van der Waals surface area contributed by atoms with Crippen LogP contribution in [0.1, 0.15) is 31.0 Å². The molecule has 1 aliphatic carbocycles. The van der Waals surface area contributed by atoms with E-state index >= 15 is 0 Å². The van der Waals surface area contributed by atoms with Crippen molar-refractivity contribution >= 4 is 28.4 Å². The third-order valence-corrected chi connectivity index (χ3v) is 3.26. The fourth-order valence-electron chi connectivity index (χ4n) is 1.42. The van der Waals surface area contributed by atoms with Gasteiger partial charge in [0.1, 0.15) is 11.6 Å². The topological polar surface area (TPSA) is 37.8 Å². The lowest BCUT2D eigenvalue weighted by molar-refractivity contribution is 0.401. The first-order valence-electron chi connectivity index (χ1n) is 4.51. The molecule has 0 aliphatic heterocycles. The van der Waals surface area contributed by atoms with Gasteiger partial charge in [-0.3, -0.25) is 0 Å². The van der Waals surface area contributed by atoms with Crippen molar-refractivity contribution < 1.29 is 0 Å². The molecular formula is C9H12IN3. The maximum absolute atomic E-state index is 4.48. The minimum absolute atomic E-state index is 0.615. The Bertz CT molecular complexity index is 310. The van der Waals surface area contributed by atoms with E-state index in [1.807, 2.05) is 13.2 Å². The van der Waals surface area contributed by atoms with Crippen molar-refractivity contribution in [2.24, 2.45) is 0 Å². The highest BCUT2D eigenvalue weighted by atomic mass is 127. The Morgan fingerprint density at radius 2 is 2.31 bits per heavy atom. The predicted molar refractivity (Wildman–Crippen MR) is 60.9 cm³/mol. The minimum Gasteiger partial charge on any atom is -0.372 e. The smallest absolute Gasteiger partial charge is 0.142 e. The average molecular weight is 289 g/mol. The summed E-state index contributed by atoms with van der Waals surface area (Å²) >= 11 is 2.24. The number of hydrogen-bond acceptors (Lipinski definition) is 3. The van der Waals surface area contributed by atoms with E-state index < -0.39 is 0 Å². The molecule has 3 nitrogen and oxygen atoms in total. The Balaban J connectivity index is 2.26. The standard InChI is InChI=1S/C9H12IN3/c1-11-9-7(10)5-12-8(13-9)6-3-2-4-6/h5-6H,2-4H2,1H3,(H,11,12,13). The van der Waals surface area contributed by atoms with E-state index in [4.69, 9.17) is 0 Å². The molecule has 1 N–H and O–H groups in total. The monoisotopic (exact) mass is 289 g/mol. The minimum atomic E-state index is 0.615. The molecule has 0 spiro atoms. The van der Waals surface area contributed by atoms with Crippen molar-refractivity contribution in [3.63, 3.8) is 0 Å². The van der Waals surface area contributed by atoms with Crippen molar-refractivity contribution in [1.82, 2.24) is 9.97 Å². The fraction of sp³-hybridized carbons (Fsp3) is 0.556. The molecule has 1 aromatic heterocycles. The number of nitrogens with zero attached hydrogens (tertiary/aromatic N) is 2. The van der Waals surface area contributed by atoms with Gasteiger partial charge >= 0.3 is 0 Å². The van der Waals surface area contributed by atoms with Crippen LogP contribution < -0.4 is 5.32 Å². The summed E-state index contributed by atoms with van der Waals surface area (Å²) in [5.74, 6) is 2.58. The number of rotatable bonds is 2. The van der Waals surface area contributed by atoms with Crippen molar-refractivity contribution in [3.8, 4) is 0 Å². The van der Waals surface area contributed by atoms with Gasteiger partial charge < -0.3 is 5.32 Å². The van der Waals surface area contributed by atoms with Crippen LogP contribution in [0.3, 0.4) is 0 Å². The van der Waals surface area contributed by atoms with E-state index in [1.54, 1.807) is 0 Å². The zero-order chi connectivity index (χ0) is 9.26. The first-order valence-corrected chi connectivity index (χ1v) is 5.59. The molecule has 0 amide bonds. The van der Waals surface area contributed by atoms with E-state index in [9.17, 15) is 0 Å². The highest BCUT2D eigenvalue weighted by Gasteiger charge is 2.22. The summed E-state index contributed by atoms with van der Waals surface area (Å²) in [5, 5.41) is 3.08. The number of nitrogens with one attached hydrogen (secondary N) is 1. The molecule has 0 aromatic carbocycles. The Hall–Kier alpha value is -0.390. The Kier molecular flexibility index (Phi) is 2.66. The number of aromatic nitrogens is 2. The van der Waals surface area contributed by atoms with Crippen LogP contribution in [-0.4, -0.2) is 17.0 Å². The molecule has 1 fully saturated rings. The summed E-state index contributed by atoms with van der Waals surface area (Å²) in [4.78, 5) is 8.83. The second-order valence-electron chi connectivity index (χ2n) is 3.30. The van der Waals surface area contributed by atoms with Crippen LogP contribution in [0.4, 0.5) is 5.82 Å². The number of anilines is 1. The van der Waals surface area contributed by atoms with Gasteiger partial charge in [0.15, 0.2) is 0 Å². The lowest BCUT2D eigenvalue weighted by Crippen LogP contribution is -2.13. The normalized spacial score (nSPS) is 16.8. The van der Waals surface area contributed by atoms with Crippen LogP contribution in [0, 0.1) is 3.57 Å². The van der Waals surface area contributed by atoms with Gasteiger partial charge in [-0.1, -0.05) is 6.42 Å². The van der Waals surface area contributed by atoms with Gasteiger partial charge in [0.25, 0.3) is 0 Å². The molecule has 0 bridgehead atoms. The van der Waals surface area contributed by atoms with E-state index in [1.165, 1.54) is 19.3 Å². The van der Waals surface area contributed by atoms with Crippen LogP contribution in [0.15, 0.2) is 6.20 Å². The summed E-state index contributed by atoms with van der Waals surface area (Å²) in [6.07, 6.45) is 5.73. The van der Waals surface area contributed by atoms with Gasteiger partial charge in [-0.25, -0.2) is 9.97 Å². The van der Waals surface area contributed by atoms with Gasteiger partial charge in [-0.15, -0.1) is 0 Å². The predicted octanol–water partition coefficient (Wildman–Crippen LogP) is 2.39. The molecule has 1 saturated carbocycles. The summed E-state index contributed by atoms with van der Waals surface area (Å²) < 4.78 is 1.09. The van der Waals surface area contributed by atoms with E-state index in [0.29, 0.717) is 5.92 Å². The highest BCUT2D eigenvalue weighted by Crippen LogP contribution is 2.34. The lowest BCUT2D eigenvalue weighted by atomic mass is 9.85. The molecule has 0 atom stereocenters. The number of halogens is 1. The van der Waals surface area contributed by atoms with E-state index in [-0.39, 0.29) is 0 Å². The quantitative estimate of drug-likeness (QED) is 0.849. The third kappa shape index (κ3) is 1.77. The van der Waals surface area contributed by atoms with Crippen molar-refractivity contribution in [2.75, 3.05) is 12.4 Å². The van der Waals surface area contributed by atoms with Crippen LogP contribution in [-0.2, 0) is 0 Å². The molecule has 0 unspecified atom stereocenters. The largest absolute Gasteiger partial charge is 0.372 e. The van der Waals surface area contributed by atoms with Crippen molar-refractivity contribution in [1.29, 1.82) is 0 Å². The van der Waals surface area contributed by atoms with Gasteiger partial charge in [-0.05, 0) is 35.4 Å². The summed E-state index contributed by atoms with van der Waals surface area (Å²) in [7, 11) is 1.90. The Morgan fingerprint density at radius 1 is 1.54 bits per heavy atom. The maximum atomic E-state index is 4.48. The average Bonchev–Trinajstić information content (AvgIpc) is 2.05. The van der Waals surface area contributed by atoms with Crippen molar-refractivity contribution in [2.45, 2.75) is 25.2 Å². The van der Waals surface area contributed by atoms with Crippen LogP contribution >= 0.6 is 22.6 Å². The maximum Gasteiger partial charge on any atom is 0.142 e. The molecule has 1 aromatic rings. The van der Waals surface area contributed by atoms with Crippen LogP contribution in [0.2, 0.25) is 0 Å². The first kappa shape index (κ1) is 9.18. The highest BCUT2D eigenvalue weighted by molar-refractivity contribution is 14.1. The number of hydrogen-bond donors (Lipinski definition) is 1. The van der Waals surface area contributed by atoms with E-state index in [2.05, 4.69) is 37.9 Å². The van der Waals surface area contributed by atoms with Gasteiger partial charge in [0.2, 0.25) is 0 Å². The second kappa shape index (κ2) is 3.77. The van der Waals surface area contributed by atoms with Crippen molar-refractivity contribution in [3.05, 3.63) is 15.6 Å². The molecule has 0 radical (unpaired) electrons. The molecule has 13 heavy (non-hydrogen) atoms. The SMILES string of the molecule is CNc1nc(C2CCC2)ncc1I. The van der Waals surface area contributed by atoms with Gasteiger partial charge in [0.05, 0.1) is 3.57 Å². The lowest BCUT2D eigenvalue weighted by Gasteiger charge is -2.23. The Labute approximate surface area is 91.5 Å². The van der Waals surface area contributed by atoms with E-state index in [0.717, 1.165) is 15.2 Å². The Morgan fingerprint density at radius 3 is 2.85 bits per heavy atom. The molecule has 1 heterocycles. The summed E-state index contributed by atoms with van der Waals surface area (Å²) in [6, 6.07) is 0. The molecule has 70 valence electrons. The first-order chi connectivity index (χ1) is 6.31. The second-order valence-corrected chi connectivity index (χ2v) is 4.46. The molecular weight excluding hydrogens is 277 g/mol. The van der Waals surface area contributed by atoms with Crippen LogP contribution in [0.25, 0.3) is 0 Å². The van der Waals surface area contributed by atoms with Crippen LogP contribution in [0.5, 0.6) is 0 Å². The zero-order valence-electron chi connectivity index (χ0n) is 7.55. The molecule has 1 aliphatic rings. The molecule has 4 heteroatoms. The van der Waals surface area contributed by atoms with Gasteiger partial charge in [-0.2, -0.15) is 0 Å². The summed E-state index contributed by atoms with van der Waals surface area (Å²) in [5.41, 5.74) is 0. The van der Waals surface area contributed by atoms with Gasteiger partial charge in [0, 0.05) is 19.2 Å². The summed E-state index contributed by atoms with van der Waals surface area (Å²) in [6.45, 7) is 0. The third-order valence-electron chi connectivity index (χ3n) is 2.47. The molecule has 0 saturated heterocycles. The fourth-order valence-corrected chi connectivity index (χ4v) is 1.95. The zero-order valence-corrected chi connectivity index (χ0v) is 9.71.